The van der Waals surface area contributed by atoms with Gasteiger partial charge in [-0.25, -0.2) is 0 Å². The fourth-order valence-electron chi connectivity index (χ4n) is 1.66. The highest BCUT2D eigenvalue weighted by Crippen LogP contribution is 2.18. The summed E-state index contributed by atoms with van der Waals surface area (Å²) in [7, 11) is 0. The van der Waals surface area contributed by atoms with E-state index in [-0.39, 0.29) is 5.91 Å². The van der Waals surface area contributed by atoms with Crippen LogP contribution in [0.1, 0.15) is 13.3 Å². The number of nitrogens with one attached hydrogen (secondary N) is 1. The summed E-state index contributed by atoms with van der Waals surface area (Å²) in [5, 5.41) is 3.40. The molecule has 0 fully saturated rings. The molecule has 104 valence electrons. The average Bonchev–Trinajstić information content (AvgIpc) is 2.47. The zero-order valence-corrected chi connectivity index (χ0v) is 11.8. The zero-order chi connectivity index (χ0) is 14.4. The Morgan fingerprint density at radius 3 is 2.70 bits per heavy atom. The van der Waals surface area contributed by atoms with Gasteiger partial charge < -0.3 is 10.1 Å². The molecule has 1 heterocycles. The molecule has 0 unspecified atom stereocenters. The van der Waals surface area contributed by atoms with Gasteiger partial charge in [-0.1, -0.05) is 18.5 Å². The van der Waals surface area contributed by atoms with Crippen LogP contribution in [0.25, 0.3) is 0 Å². The summed E-state index contributed by atoms with van der Waals surface area (Å²) in [6, 6.07) is 10.5. The number of amides is 1. The van der Waals surface area contributed by atoms with Gasteiger partial charge in [-0.05, 0) is 42.8 Å². The van der Waals surface area contributed by atoms with E-state index >= 15 is 0 Å². The molecular weight excluding hydrogens is 276 g/mol. The largest absolute Gasteiger partial charge is 0.481 e. The van der Waals surface area contributed by atoms with Crippen molar-refractivity contribution in [3.8, 4) is 5.75 Å². The van der Waals surface area contributed by atoms with Gasteiger partial charge in [-0.3, -0.25) is 9.78 Å². The lowest BCUT2D eigenvalue weighted by Crippen LogP contribution is -2.32. The van der Waals surface area contributed by atoms with Crippen LogP contribution < -0.4 is 10.1 Å². The number of rotatable bonds is 5. The van der Waals surface area contributed by atoms with Crippen LogP contribution in [0.2, 0.25) is 5.02 Å². The van der Waals surface area contributed by atoms with Gasteiger partial charge in [0.15, 0.2) is 6.10 Å². The fourth-order valence-corrected chi connectivity index (χ4v) is 1.79. The van der Waals surface area contributed by atoms with Gasteiger partial charge in [0.1, 0.15) is 5.75 Å². The Balaban J connectivity index is 2.00. The SMILES string of the molecule is CC[C@H](Oc1ccc(Cl)cc1)C(=O)Nc1cccnc1. The first-order chi connectivity index (χ1) is 9.69. The molecule has 0 saturated heterocycles. The highest BCUT2D eigenvalue weighted by atomic mass is 35.5. The van der Waals surface area contributed by atoms with E-state index < -0.39 is 6.10 Å². The monoisotopic (exact) mass is 290 g/mol. The van der Waals surface area contributed by atoms with Gasteiger partial charge in [-0.15, -0.1) is 0 Å². The normalized spacial score (nSPS) is 11.7. The molecule has 0 aliphatic heterocycles. The quantitative estimate of drug-likeness (QED) is 0.916. The van der Waals surface area contributed by atoms with Crippen molar-refractivity contribution in [3.63, 3.8) is 0 Å². The van der Waals surface area contributed by atoms with Crippen molar-refractivity contribution in [2.24, 2.45) is 0 Å². The van der Waals surface area contributed by atoms with Crippen molar-refractivity contribution in [1.82, 2.24) is 4.98 Å². The molecule has 1 atom stereocenters. The molecule has 1 amide bonds. The van der Waals surface area contributed by atoms with E-state index in [1.807, 2.05) is 6.92 Å². The number of benzene rings is 1. The second-order valence-electron chi connectivity index (χ2n) is 4.20. The highest BCUT2D eigenvalue weighted by molar-refractivity contribution is 6.30. The second kappa shape index (κ2) is 6.91. The molecule has 0 radical (unpaired) electrons. The molecule has 0 spiro atoms. The maximum Gasteiger partial charge on any atom is 0.265 e. The Hall–Kier alpha value is -2.07. The van der Waals surface area contributed by atoms with Gasteiger partial charge in [0.25, 0.3) is 5.91 Å². The Kier molecular flexibility index (Phi) is 4.96. The summed E-state index contributed by atoms with van der Waals surface area (Å²) in [4.78, 5) is 16.1. The van der Waals surface area contributed by atoms with Crippen LogP contribution in [0.5, 0.6) is 5.75 Å². The van der Waals surface area contributed by atoms with Crippen LogP contribution in [-0.2, 0) is 4.79 Å². The number of pyridine rings is 1. The molecule has 1 aromatic heterocycles. The van der Waals surface area contributed by atoms with Crippen LogP contribution in [0.15, 0.2) is 48.8 Å². The number of hydrogen-bond donors (Lipinski definition) is 1. The molecule has 0 aliphatic rings. The van der Waals surface area contributed by atoms with Gasteiger partial charge in [0.2, 0.25) is 0 Å². The molecule has 0 bridgehead atoms. The predicted octanol–water partition coefficient (Wildman–Crippen LogP) is 3.53. The van der Waals surface area contributed by atoms with E-state index in [0.717, 1.165) is 0 Å². The number of aromatic nitrogens is 1. The summed E-state index contributed by atoms with van der Waals surface area (Å²) in [6.07, 6.45) is 3.25. The fraction of sp³-hybridized carbons (Fsp3) is 0.200. The average molecular weight is 291 g/mol. The van der Waals surface area contributed by atoms with Crippen molar-refractivity contribution in [2.75, 3.05) is 5.32 Å². The minimum Gasteiger partial charge on any atom is -0.481 e. The summed E-state index contributed by atoms with van der Waals surface area (Å²) >= 11 is 5.81. The molecule has 5 heteroatoms. The molecular formula is C15H15ClN2O2. The third-order valence-electron chi connectivity index (χ3n) is 2.68. The van der Waals surface area contributed by atoms with Gasteiger partial charge >= 0.3 is 0 Å². The summed E-state index contributed by atoms with van der Waals surface area (Å²) in [5.41, 5.74) is 0.649. The van der Waals surface area contributed by atoms with Crippen molar-refractivity contribution >= 4 is 23.2 Å². The first kappa shape index (κ1) is 14.3. The van der Waals surface area contributed by atoms with Crippen molar-refractivity contribution < 1.29 is 9.53 Å². The third kappa shape index (κ3) is 3.96. The molecule has 1 N–H and O–H groups in total. The number of anilines is 1. The molecule has 0 aliphatic carbocycles. The Bertz CT molecular complexity index is 558. The lowest BCUT2D eigenvalue weighted by Gasteiger charge is -2.17. The minimum absolute atomic E-state index is 0.199. The van der Waals surface area contributed by atoms with Crippen LogP contribution >= 0.6 is 11.6 Å². The lowest BCUT2D eigenvalue weighted by atomic mass is 10.2. The lowest BCUT2D eigenvalue weighted by molar-refractivity contribution is -0.122. The van der Waals surface area contributed by atoms with Crippen LogP contribution in [0, 0.1) is 0 Å². The molecule has 20 heavy (non-hydrogen) atoms. The highest BCUT2D eigenvalue weighted by Gasteiger charge is 2.18. The number of carbonyl (C=O) groups excluding carboxylic acids is 1. The maximum atomic E-state index is 12.1. The summed E-state index contributed by atoms with van der Waals surface area (Å²) < 4.78 is 5.66. The Morgan fingerprint density at radius 1 is 1.35 bits per heavy atom. The number of halogens is 1. The molecule has 1 aromatic carbocycles. The van der Waals surface area contributed by atoms with E-state index in [1.165, 1.54) is 0 Å². The standard InChI is InChI=1S/C15H15ClN2O2/c1-2-14(20-13-7-5-11(16)6-8-13)15(19)18-12-4-3-9-17-10-12/h3-10,14H,2H2,1H3,(H,18,19)/t14-/m0/s1. The number of hydrogen-bond acceptors (Lipinski definition) is 3. The smallest absolute Gasteiger partial charge is 0.265 e. The molecule has 4 nitrogen and oxygen atoms in total. The minimum atomic E-state index is -0.559. The Labute approximate surface area is 122 Å². The number of nitrogens with zero attached hydrogens (tertiary/aromatic N) is 1. The summed E-state index contributed by atoms with van der Waals surface area (Å²) in [6.45, 7) is 1.89. The van der Waals surface area contributed by atoms with Crippen LogP contribution in [-0.4, -0.2) is 17.0 Å². The second-order valence-corrected chi connectivity index (χ2v) is 4.64. The number of carbonyl (C=O) groups is 1. The zero-order valence-electron chi connectivity index (χ0n) is 11.0. The number of ether oxygens (including phenoxy) is 1. The van der Waals surface area contributed by atoms with Crippen LogP contribution in [0.4, 0.5) is 5.69 Å². The van der Waals surface area contributed by atoms with E-state index in [4.69, 9.17) is 16.3 Å². The topological polar surface area (TPSA) is 51.2 Å². The van der Waals surface area contributed by atoms with Crippen molar-refractivity contribution in [2.45, 2.75) is 19.4 Å². The van der Waals surface area contributed by atoms with Gasteiger partial charge in [-0.2, -0.15) is 0 Å². The molecule has 2 rings (SSSR count). The van der Waals surface area contributed by atoms with Crippen LogP contribution in [0.3, 0.4) is 0 Å². The summed E-state index contributed by atoms with van der Waals surface area (Å²) in [5.74, 6) is 0.415. The van der Waals surface area contributed by atoms with Gasteiger partial charge in [0, 0.05) is 11.2 Å². The first-order valence-electron chi connectivity index (χ1n) is 6.32. The maximum absolute atomic E-state index is 12.1. The van der Waals surface area contributed by atoms with Crippen molar-refractivity contribution in [1.29, 1.82) is 0 Å². The van der Waals surface area contributed by atoms with E-state index in [2.05, 4.69) is 10.3 Å². The van der Waals surface area contributed by atoms with Gasteiger partial charge in [0.05, 0.1) is 11.9 Å². The predicted molar refractivity (Wildman–Crippen MR) is 79.0 cm³/mol. The van der Waals surface area contributed by atoms with E-state index in [9.17, 15) is 4.79 Å². The first-order valence-corrected chi connectivity index (χ1v) is 6.70. The van der Waals surface area contributed by atoms with E-state index in [0.29, 0.717) is 22.9 Å². The third-order valence-corrected chi connectivity index (χ3v) is 2.94. The Morgan fingerprint density at radius 2 is 2.10 bits per heavy atom. The van der Waals surface area contributed by atoms with E-state index in [1.54, 1.807) is 48.8 Å². The van der Waals surface area contributed by atoms with Crippen molar-refractivity contribution in [3.05, 3.63) is 53.8 Å². The molecule has 0 saturated carbocycles. The molecule has 2 aromatic rings.